The Morgan fingerprint density at radius 2 is 1.38 bits per heavy atom. The second-order valence-corrected chi connectivity index (χ2v) is 8.61. The van der Waals surface area contributed by atoms with E-state index in [2.05, 4.69) is 10.6 Å². The van der Waals surface area contributed by atoms with Crippen LogP contribution < -0.4 is 10.6 Å². The monoisotopic (exact) mass is 534 g/mol. The third kappa shape index (κ3) is 9.19. The van der Waals surface area contributed by atoms with Gasteiger partial charge in [0, 0.05) is 6.54 Å². The number of ether oxygens (including phenoxy) is 2. The molecule has 0 heterocycles. The highest BCUT2D eigenvalue weighted by molar-refractivity contribution is 6.06. The Morgan fingerprint density at radius 1 is 0.769 bits per heavy atom. The lowest BCUT2D eigenvalue weighted by Crippen LogP contribution is -2.42. The van der Waals surface area contributed by atoms with E-state index in [-0.39, 0.29) is 37.3 Å². The molecule has 0 saturated heterocycles. The number of carboxylic acid groups (broad SMARTS) is 1. The molecule has 0 aliphatic rings. The molecule has 2 amide bonds. The van der Waals surface area contributed by atoms with Gasteiger partial charge in [-0.3, -0.25) is 4.79 Å². The summed E-state index contributed by atoms with van der Waals surface area (Å²) in [5, 5.41) is 24.4. The number of phenolic OH excluding ortho intramolecular Hbond substituents is 1. The lowest BCUT2D eigenvalue weighted by Gasteiger charge is -2.18. The number of carbonyl (C=O) groups excluding carboxylic acids is 3. The topological polar surface area (TPSA) is 151 Å². The summed E-state index contributed by atoms with van der Waals surface area (Å²) in [4.78, 5) is 49.0. The number of unbranched alkanes of at least 4 members (excludes halogenated alkanes) is 1. The van der Waals surface area contributed by atoms with Crippen LogP contribution in [0.4, 0.5) is 4.79 Å². The van der Waals surface area contributed by atoms with Crippen LogP contribution in [0.25, 0.3) is 0 Å². The zero-order chi connectivity index (χ0) is 28.0. The number of carboxylic acids is 1. The number of alkyl carbamates (subject to hydrolysis) is 1. The van der Waals surface area contributed by atoms with Gasteiger partial charge >= 0.3 is 18.0 Å². The Balaban J connectivity index is 1.52. The highest BCUT2D eigenvalue weighted by Gasteiger charge is 2.24. The molecule has 0 aliphatic heterocycles. The van der Waals surface area contributed by atoms with E-state index in [1.807, 2.05) is 60.7 Å². The number of aromatic hydroxyl groups is 1. The van der Waals surface area contributed by atoms with Crippen molar-refractivity contribution in [3.05, 3.63) is 101 Å². The van der Waals surface area contributed by atoms with Crippen molar-refractivity contribution in [1.29, 1.82) is 0 Å². The molecule has 204 valence electrons. The largest absolute Gasteiger partial charge is 0.507 e. The van der Waals surface area contributed by atoms with E-state index in [1.165, 1.54) is 18.2 Å². The normalized spacial score (nSPS) is 11.2. The van der Waals surface area contributed by atoms with Crippen LogP contribution >= 0.6 is 0 Å². The summed E-state index contributed by atoms with van der Waals surface area (Å²) in [5.41, 5.74) is 0.952. The number of benzene rings is 3. The number of hydrogen-bond acceptors (Lipinski definition) is 7. The van der Waals surface area contributed by atoms with Gasteiger partial charge < -0.3 is 30.3 Å². The van der Waals surface area contributed by atoms with Gasteiger partial charge in [0.15, 0.2) is 0 Å². The van der Waals surface area contributed by atoms with Crippen molar-refractivity contribution >= 4 is 23.9 Å². The molecule has 0 radical (unpaired) electrons. The fourth-order valence-corrected chi connectivity index (χ4v) is 3.71. The van der Waals surface area contributed by atoms with Crippen LogP contribution in [0, 0.1) is 0 Å². The smallest absolute Gasteiger partial charge is 0.408 e. The number of carbonyl (C=O) groups is 4. The third-order valence-electron chi connectivity index (χ3n) is 5.72. The first-order valence-electron chi connectivity index (χ1n) is 12.4. The number of aromatic carboxylic acids is 1. The summed E-state index contributed by atoms with van der Waals surface area (Å²) in [5.74, 6) is -3.13. The minimum absolute atomic E-state index is 0.0369. The predicted molar refractivity (Wildman–Crippen MR) is 141 cm³/mol. The summed E-state index contributed by atoms with van der Waals surface area (Å²) >= 11 is 0. The van der Waals surface area contributed by atoms with E-state index in [4.69, 9.17) is 9.47 Å². The van der Waals surface area contributed by atoms with Gasteiger partial charge in [-0.1, -0.05) is 66.7 Å². The van der Waals surface area contributed by atoms with Crippen molar-refractivity contribution in [2.75, 3.05) is 6.54 Å². The lowest BCUT2D eigenvalue weighted by atomic mass is 10.1. The highest BCUT2D eigenvalue weighted by atomic mass is 16.6. The Labute approximate surface area is 225 Å². The molecule has 0 unspecified atom stereocenters. The summed E-state index contributed by atoms with van der Waals surface area (Å²) in [6, 6.07) is 21.0. The van der Waals surface area contributed by atoms with Crippen LogP contribution in [-0.4, -0.2) is 46.7 Å². The van der Waals surface area contributed by atoms with Gasteiger partial charge in [0.05, 0.1) is 11.1 Å². The van der Waals surface area contributed by atoms with E-state index in [9.17, 15) is 29.4 Å². The van der Waals surface area contributed by atoms with Crippen LogP contribution in [0.3, 0.4) is 0 Å². The molecule has 10 nitrogen and oxygen atoms in total. The fraction of sp³-hybridized carbons (Fsp3) is 0.241. The highest BCUT2D eigenvalue weighted by Crippen LogP contribution is 2.21. The van der Waals surface area contributed by atoms with Gasteiger partial charge in [-0.15, -0.1) is 0 Å². The van der Waals surface area contributed by atoms with Crippen molar-refractivity contribution in [2.24, 2.45) is 0 Å². The van der Waals surface area contributed by atoms with Gasteiger partial charge in [0.2, 0.25) is 0 Å². The van der Waals surface area contributed by atoms with Gasteiger partial charge in [0.25, 0.3) is 5.91 Å². The predicted octanol–water partition coefficient (Wildman–Crippen LogP) is 4.03. The van der Waals surface area contributed by atoms with E-state index < -0.39 is 35.7 Å². The van der Waals surface area contributed by atoms with E-state index in [0.717, 1.165) is 11.1 Å². The quantitative estimate of drug-likeness (QED) is 0.190. The molecule has 39 heavy (non-hydrogen) atoms. The lowest BCUT2D eigenvalue weighted by molar-refractivity contribution is -0.147. The maximum atomic E-state index is 12.8. The second-order valence-electron chi connectivity index (χ2n) is 8.61. The first-order chi connectivity index (χ1) is 18.8. The van der Waals surface area contributed by atoms with E-state index in [0.29, 0.717) is 12.8 Å². The van der Waals surface area contributed by atoms with E-state index in [1.54, 1.807) is 0 Å². The average molecular weight is 535 g/mol. The van der Waals surface area contributed by atoms with Crippen LogP contribution in [0.5, 0.6) is 5.75 Å². The van der Waals surface area contributed by atoms with Crippen molar-refractivity contribution in [3.8, 4) is 5.75 Å². The van der Waals surface area contributed by atoms with Crippen LogP contribution in [0.2, 0.25) is 0 Å². The number of amides is 2. The Kier molecular flexibility index (Phi) is 10.9. The van der Waals surface area contributed by atoms with E-state index >= 15 is 0 Å². The molecule has 0 saturated carbocycles. The molecule has 0 fully saturated rings. The average Bonchev–Trinajstić information content (AvgIpc) is 2.94. The van der Waals surface area contributed by atoms with Gasteiger partial charge in [-0.05, 0) is 42.5 Å². The molecular weight excluding hydrogens is 504 g/mol. The molecule has 0 bridgehead atoms. The number of nitrogens with one attached hydrogen (secondary N) is 2. The minimum atomic E-state index is -1.34. The molecular formula is C29H30N2O8. The molecule has 0 spiro atoms. The minimum Gasteiger partial charge on any atom is -0.507 e. The SMILES string of the molecule is O=C(N[C@@H](CCCCNC(=O)c1c(O)cccc1C(=O)O)C(=O)OCc1ccccc1)OCc1ccccc1. The van der Waals surface area contributed by atoms with Crippen molar-refractivity contribution in [2.45, 2.75) is 38.5 Å². The van der Waals surface area contributed by atoms with Crippen molar-refractivity contribution in [3.63, 3.8) is 0 Å². The number of hydrogen-bond donors (Lipinski definition) is 4. The van der Waals surface area contributed by atoms with Crippen LogP contribution in [-0.2, 0) is 27.5 Å². The standard InChI is InChI=1S/C29H30N2O8/c32-24-16-9-14-22(27(34)35)25(24)26(33)30-17-8-7-15-23(28(36)38-18-20-10-3-1-4-11-20)31-29(37)39-19-21-12-5-2-6-13-21/h1-6,9-14,16,23,32H,7-8,15,17-19H2,(H,30,33)(H,31,37)(H,34,35)/t23-/m0/s1. The molecule has 1 atom stereocenters. The fourth-order valence-electron chi connectivity index (χ4n) is 3.71. The van der Waals surface area contributed by atoms with Gasteiger partial charge in [-0.25, -0.2) is 14.4 Å². The number of phenols is 1. The first-order valence-corrected chi connectivity index (χ1v) is 12.4. The van der Waals surface area contributed by atoms with Gasteiger partial charge in [-0.2, -0.15) is 0 Å². The summed E-state index contributed by atoms with van der Waals surface area (Å²) in [6.45, 7) is 0.227. The van der Waals surface area contributed by atoms with Crippen molar-refractivity contribution < 1.29 is 38.9 Å². The first kappa shape index (κ1) is 28.7. The number of esters is 1. The summed E-state index contributed by atoms with van der Waals surface area (Å²) in [6.07, 6.45) is 0.262. The summed E-state index contributed by atoms with van der Waals surface area (Å²) < 4.78 is 10.6. The molecule has 0 aliphatic carbocycles. The molecule has 3 rings (SSSR count). The number of rotatable bonds is 13. The third-order valence-corrected chi connectivity index (χ3v) is 5.72. The van der Waals surface area contributed by atoms with Crippen LogP contribution in [0.1, 0.15) is 51.1 Å². The van der Waals surface area contributed by atoms with Crippen molar-refractivity contribution in [1.82, 2.24) is 10.6 Å². The molecule has 3 aromatic rings. The van der Waals surface area contributed by atoms with Gasteiger partial charge in [0.1, 0.15) is 25.0 Å². The molecule has 0 aromatic heterocycles. The molecule has 4 N–H and O–H groups in total. The molecule has 10 heteroatoms. The summed E-state index contributed by atoms with van der Waals surface area (Å²) in [7, 11) is 0. The maximum absolute atomic E-state index is 12.8. The Hall–Kier alpha value is -4.86. The molecule has 3 aromatic carbocycles. The maximum Gasteiger partial charge on any atom is 0.408 e. The second kappa shape index (κ2) is 14.8. The Morgan fingerprint density at radius 3 is 2.00 bits per heavy atom. The zero-order valence-corrected chi connectivity index (χ0v) is 21.2. The zero-order valence-electron chi connectivity index (χ0n) is 21.2. The van der Waals surface area contributed by atoms with Crippen LogP contribution in [0.15, 0.2) is 78.9 Å². The Bertz CT molecular complexity index is 1260.